The van der Waals surface area contributed by atoms with Crippen molar-refractivity contribution >= 4 is 5.91 Å². The average Bonchev–Trinajstić information content (AvgIpc) is 2.31. The monoisotopic (exact) mass is 270 g/mol. The maximum atomic E-state index is 11.6. The first-order valence-corrected chi connectivity index (χ1v) is 7.42. The van der Waals surface area contributed by atoms with Gasteiger partial charge in [-0.25, -0.2) is 0 Å². The standard InChI is InChI=1S/C15H30N2O2/c1-12(2)17-13(18)5-10-19-15(11-16)8-6-14(3,4)7-9-15/h12H,5-11,16H2,1-4H3,(H,17,18). The van der Waals surface area contributed by atoms with Gasteiger partial charge in [0.15, 0.2) is 0 Å². The molecular formula is C15H30N2O2. The lowest BCUT2D eigenvalue weighted by Gasteiger charge is -2.42. The summed E-state index contributed by atoms with van der Waals surface area (Å²) in [4.78, 5) is 11.6. The molecule has 0 aromatic heterocycles. The molecule has 1 aliphatic rings. The second kappa shape index (κ2) is 6.71. The van der Waals surface area contributed by atoms with Gasteiger partial charge in [-0.1, -0.05) is 13.8 Å². The number of carbonyl (C=O) groups excluding carboxylic acids is 1. The third-order valence-electron chi connectivity index (χ3n) is 4.07. The predicted molar refractivity (Wildman–Crippen MR) is 77.9 cm³/mol. The smallest absolute Gasteiger partial charge is 0.222 e. The minimum Gasteiger partial charge on any atom is -0.373 e. The van der Waals surface area contributed by atoms with E-state index in [4.69, 9.17) is 10.5 Å². The Labute approximate surface area is 117 Å². The SMILES string of the molecule is CC(C)NC(=O)CCOC1(CN)CCC(C)(C)CC1. The molecular weight excluding hydrogens is 240 g/mol. The van der Waals surface area contributed by atoms with Crippen molar-refractivity contribution in [1.82, 2.24) is 5.32 Å². The number of nitrogens with one attached hydrogen (secondary N) is 1. The van der Waals surface area contributed by atoms with Gasteiger partial charge >= 0.3 is 0 Å². The lowest BCUT2D eigenvalue weighted by atomic mass is 9.71. The molecule has 0 unspecified atom stereocenters. The van der Waals surface area contributed by atoms with Gasteiger partial charge in [-0.05, 0) is 44.9 Å². The zero-order valence-corrected chi connectivity index (χ0v) is 12.9. The average molecular weight is 270 g/mol. The van der Waals surface area contributed by atoms with Crippen LogP contribution in [0.25, 0.3) is 0 Å². The quantitative estimate of drug-likeness (QED) is 0.778. The van der Waals surface area contributed by atoms with Crippen LogP contribution in [0, 0.1) is 5.41 Å². The molecule has 0 radical (unpaired) electrons. The van der Waals surface area contributed by atoms with Crippen LogP contribution in [-0.4, -0.2) is 30.7 Å². The van der Waals surface area contributed by atoms with Crippen LogP contribution >= 0.6 is 0 Å². The van der Waals surface area contributed by atoms with Crippen LogP contribution in [-0.2, 0) is 9.53 Å². The van der Waals surface area contributed by atoms with E-state index in [1.165, 1.54) is 0 Å². The highest BCUT2D eigenvalue weighted by Crippen LogP contribution is 2.41. The summed E-state index contributed by atoms with van der Waals surface area (Å²) in [5.74, 6) is 0.0540. The third kappa shape index (κ3) is 5.49. The molecule has 0 aromatic carbocycles. The van der Waals surface area contributed by atoms with Crippen molar-refractivity contribution in [3.05, 3.63) is 0 Å². The number of hydrogen-bond acceptors (Lipinski definition) is 3. The van der Waals surface area contributed by atoms with Crippen LogP contribution in [0.1, 0.15) is 59.8 Å². The predicted octanol–water partition coefficient (Wildman–Crippen LogP) is 2.22. The summed E-state index contributed by atoms with van der Waals surface area (Å²) in [5.41, 5.74) is 6.10. The Kier molecular flexibility index (Phi) is 5.81. The summed E-state index contributed by atoms with van der Waals surface area (Å²) in [5, 5.41) is 2.87. The molecule has 0 aromatic rings. The van der Waals surface area contributed by atoms with Crippen LogP contribution in [0.4, 0.5) is 0 Å². The first kappa shape index (κ1) is 16.4. The second-order valence-electron chi connectivity index (χ2n) is 6.87. The van der Waals surface area contributed by atoms with Gasteiger partial charge in [0.25, 0.3) is 0 Å². The summed E-state index contributed by atoms with van der Waals surface area (Å²) in [7, 11) is 0. The molecule has 1 fully saturated rings. The van der Waals surface area contributed by atoms with E-state index in [2.05, 4.69) is 19.2 Å². The van der Waals surface area contributed by atoms with Gasteiger partial charge in [-0.15, -0.1) is 0 Å². The van der Waals surface area contributed by atoms with Crippen LogP contribution in [0.5, 0.6) is 0 Å². The van der Waals surface area contributed by atoms with E-state index in [1.807, 2.05) is 13.8 Å². The largest absolute Gasteiger partial charge is 0.373 e. The molecule has 1 amide bonds. The number of nitrogens with two attached hydrogens (primary N) is 1. The highest BCUT2D eigenvalue weighted by Gasteiger charge is 2.38. The van der Waals surface area contributed by atoms with Crippen LogP contribution < -0.4 is 11.1 Å². The number of ether oxygens (including phenoxy) is 1. The first-order valence-electron chi connectivity index (χ1n) is 7.42. The van der Waals surface area contributed by atoms with Gasteiger partial charge in [-0.2, -0.15) is 0 Å². The molecule has 1 rings (SSSR count). The van der Waals surface area contributed by atoms with Crippen LogP contribution in [0.15, 0.2) is 0 Å². The Bertz CT molecular complexity index is 291. The summed E-state index contributed by atoms with van der Waals surface area (Å²) in [6.07, 6.45) is 4.71. The van der Waals surface area contributed by atoms with E-state index >= 15 is 0 Å². The highest BCUT2D eigenvalue weighted by atomic mass is 16.5. The van der Waals surface area contributed by atoms with Crippen molar-refractivity contribution in [1.29, 1.82) is 0 Å². The normalized spacial score (nSPS) is 21.4. The number of hydrogen-bond donors (Lipinski definition) is 2. The van der Waals surface area contributed by atoms with E-state index in [9.17, 15) is 4.79 Å². The maximum Gasteiger partial charge on any atom is 0.222 e. The molecule has 0 bridgehead atoms. The van der Waals surface area contributed by atoms with Crippen molar-refractivity contribution in [2.24, 2.45) is 11.1 Å². The van der Waals surface area contributed by atoms with Crippen molar-refractivity contribution < 1.29 is 9.53 Å². The second-order valence-corrected chi connectivity index (χ2v) is 6.87. The van der Waals surface area contributed by atoms with E-state index < -0.39 is 0 Å². The maximum absolute atomic E-state index is 11.6. The third-order valence-corrected chi connectivity index (χ3v) is 4.07. The van der Waals surface area contributed by atoms with Gasteiger partial charge in [0.1, 0.15) is 0 Å². The summed E-state index contributed by atoms with van der Waals surface area (Å²) >= 11 is 0. The number of amides is 1. The molecule has 1 saturated carbocycles. The fourth-order valence-electron chi connectivity index (χ4n) is 2.54. The first-order chi connectivity index (χ1) is 8.79. The van der Waals surface area contributed by atoms with Gasteiger partial charge in [0.05, 0.1) is 12.2 Å². The molecule has 0 aliphatic heterocycles. The molecule has 19 heavy (non-hydrogen) atoms. The topological polar surface area (TPSA) is 64.3 Å². The zero-order chi connectivity index (χ0) is 14.5. The van der Waals surface area contributed by atoms with Gasteiger partial charge in [0.2, 0.25) is 5.91 Å². The minimum absolute atomic E-state index is 0.0540. The molecule has 1 aliphatic carbocycles. The molecule has 0 spiro atoms. The van der Waals surface area contributed by atoms with Crippen molar-refractivity contribution in [3.63, 3.8) is 0 Å². The minimum atomic E-state index is -0.201. The fourth-order valence-corrected chi connectivity index (χ4v) is 2.54. The summed E-state index contributed by atoms with van der Waals surface area (Å²) < 4.78 is 5.98. The Morgan fingerprint density at radius 1 is 1.26 bits per heavy atom. The molecule has 4 heteroatoms. The molecule has 0 atom stereocenters. The Morgan fingerprint density at radius 2 is 1.84 bits per heavy atom. The van der Waals surface area contributed by atoms with Gasteiger partial charge in [0, 0.05) is 19.0 Å². The molecule has 0 saturated heterocycles. The lowest BCUT2D eigenvalue weighted by Crippen LogP contribution is -2.46. The van der Waals surface area contributed by atoms with E-state index in [1.54, 1.807) is 0 Å². The van der Waals surface area contributed by atoms with E-state index in [0.717, 1.165) is 25.7 Å². The van der Waals surface area contributed by atoms with Gasteiger partial charge in [-0.3, -0.25) is 4.79 Å². The highest BCUT2D eigenvalue weighted by molar-refractivity contribution is 5.76. The number of carbonyl (C=O) groups is 1. The van der Waals surface area contributed by atoms with Crippen molar-refractivity contribution in [3.8, 4) is 0 Å². The number of rotatable bonds is 6. The van der Waals surface area contributed by atoms with E-state index in [-0.39, 0.29) is 17.6 Å². The van der Waals surface area contributed by atoms with Crippen molar-refractivity contribution in [2.45, 2.75) is 71.4 Å². The lowest BCUT2D eigenvalue weighted by molar-refractivity contribution is -0.126. The molecule has 0 heterocycles. The molecule has 4 nitrogen and oxygen atoms in total. The van der Waals surface area contributed by atoms with Crippen molar-refractivity contribution in [2.75, 3.05) is 13.2 Å². The van der Waals surface area contributed by atoms with Gasteiger partial charge < -0.3 is 15.8 Å². The Balaban J connectivity index is 2.35. The summed E-state index contributed by atoms with van der Waals surface area (Å²) in [6.45, 7) is 9.53. The Hall–Kier alpha value is -0.610. The zero-order valence-electron chi connectivity index (χ0n) is 12.9. The molecule has 112 valence electrons. The van der Waals surface area contributed by atoms with E-state index in [0.29, 0.717) is 25.0 Å². The Morgan fingerprint density at radius 3 is 2.32 bits per heavy atom. The van der Waals surface area contributed by atoms with Crippen LogP contribution in [0.3, 0.4) is 0 Å². The summed E-state index contributed by atoms with van der Waals surface area (Å²) in [6, 6.07) is 0.187. The fraction of sp³-hybridized carbons (Fsp3) is 0.933. The molecule has 3 N–H and O–H groups in total. The van der Waals surface area contributed by atoms with Crippen LogP contribution in [0.2, 0.25) is 0 Å².